The molecule has 1 fully saturated rings. The summed E-state index contributed by atoms with van der Waals surface area (Å²) in [7, 11) is 3.74. The number of likely N-dealkylation sites (tertiary alicyclic amines) is 1. The fraction of sp³-hybridized carbons (Fsp3) is 0.536. The molecule has 1 amide bonds. The summed E-state index contributed by atoms with van der Waals surface area (Å²) in [5, 5.41) is 5.18. The van der Waals surface area contributed by atoms with Crippen LogP contribution in [-0.2, 0) is 24.2 Å². The maximum absolute atomic E-state index is 14.4. The molecule has 0 radical (unpaired) electrons. The van der Waals surface area contributed by atoms with Crippen LogP contribution in [-0.4, -0.2) is 72.0 Å². The van der Waals surface area contributed by atoms with Crippen molar-refractivity contribution in [1.29, 1.82) is 0 Å². The predicted octanol–water partition coefficient (Wildman–Crippen LogP) is 4.08. The van der Waals surface area contributed by atoms with Crippen molar-refractivity contribution in [3.63, 3.8) is 0 Å². The van der Waals surface area contributed by atoms with Crippen LogP contribution in [0.25, 0.3) is 5.57 Å². The molecule has 0 aliphatic carbocycles. The number of anilines is 2. The number of hydrogen-bond donors (Lipinski definition) is 1. The highest BCUT2D eigenvalue weighted by atomic mass is 19.3. The zero-order chi connectivity index (χ0) is 27.0. The van der Waals surface area contributed by atoms with E-state index in [1.54, 1.807) is 20.0 Å². The Bertz CT molecular complexity index is 1260. The third-order valence-corrected chi connectivity index (χ3v) is 8.16. The second-order valence-electron chi connectivity index (χ2n) is 10.6. The van der Waals surface area contributed by atoms with Crippen LogP contribution >= 0.6 is 0 Å². The molecule has 2 N–H and O–H groups in total. The number of amides is 1. The van der Waals surface area contributed by atoms with Gasteiger partial charge in [0.2, 0.25) is 5.91 Å². The molecular formula is C28H37F2N7O. The van der Waals surface area contributed by atoms with E-state index in [2.05, 4.69) is 26.5 Å². The quantitative estimate of drug-likeness (QED) is 0.595. The summed E-state index contributed by atoms with van der Waals surface area (Å²) in [6.07, 6.45) is 4.61. The number of fused-ring (bicyclic) bond motifs is 2. The fourth-order valence-corrected chi connectivity index (χ4v) is 6.10. The molecule has 0 saturated carbocycles. The van der Waals surface area contributed by atoms with Crippen molar-refractivity contribution in [2.75, 3.05) is 45.2 Å². The molecule has 3 aliphatic rings. The van der Waals surface area contributed by atoms with Gasteiger partial charge in [-0.1, -0.05) is 0 Å². The van der Waals surface area contributed by atoms with Gasteiger partial charge < -0.3 is 20.4 Å². The summed E-state index contributed by atoms with van der Waals surface area (Å²) in [6, 6.07) is 3.74. The van der Waals surface area contributed by atoms with Crippen molar-refractivity contribution >= 4 is 29.2 Å². The van der Waals surface area contributed by atoms with Crippen LogP contribution in [0.2, 0.25) is 0 Å². The van der Waals surface area contributed by atoms with Gasteiger partial charge >= 0.3 is 0 Å². The average Bonchev–Trinajstić information content (AvgIpc) is 3.29. The van der Waals surface area contributed by atoms with Crippen LogP contribution in [0.3, 0.4) is 0 Å². The standard InChI is InChI=1S/C28H37F2N7O/c1-18(38)35-12-8-25-24(17-35)28(33-37(25)21-6-10-34(3)11-7-21)36-9-4-5-19-13-22(20(15-31)16-32-2)23(27(29)30)14-26(19)36/h13-16,21,27H,4-12,17,31H2,1-3H3. The Labute approximate surface area is 222 Å². The van der Waals surface area contributed by atoms with Gasteiger partial charge in [0.25, 0.3) is 6.43 Å². The number of halogens is 2. The van der Waals surface area contributed by atoms with Crippen LogP contribution in [0.5, 0.6) is 0 Å². The maximum atomic E-state index is 14.4. The monoisotopic (exact) mass is 525 g/mol. The smallest absolute Gasteiger partial charge is 0.264 e. The normalized spacial score (nSPS) is 19.4. The van der Waals surface area contributed by atoms with E-state index >= 15 is 0 Å². The molecule has 204 valence electrons. The van der Waals surface area contributed by atoms with Gasteiger partial charge in [0.05, 0.1) is 12.6 Å². The molecule has 1 aromatic carbocycles. The molecule has 0 atom stereocenters. The van der Waals surface area contributed by atoms with Gasteiger partial charge in [-0.15, -0.1) is 0 Å². The summed E-state index contributed by atoms with van der Waals surface area (Å²) < 4.78 is 30.9. The number of benzene rings is 1. The largest absolute Gasteiger partial charge is 0.404 e. The van der Waals surface area contributed by atoms with Crippen LogP contribution in [0.1, 0.15) is 66.6 Å². The Hall–Kier alpha value is -3.27. The van der Waals surface area contributed by atoms with Gasteiger partial charge in [0, 0.05) is 74.0 Å². The van der Waals surface area contributed by atoms with Crippen molar-refractivity contribution in [1.82, 2.24) is 19.6 Å². The van der Waals surface area contributed by atoms with E-state index in [0.717, 1.165) is 67.8 Å². The van der Waals surface area contributed by atoms with Crippen LogP contribution < -0.4 is 10.6 Å². The van der Waals surface area contributed by atoms with E-state index in [4.69, 9.17) is 10.8 Å². The van der Waals surface area contributed by atoms with E-state index in [-0.39, 0.29) is 11.5 Å². The molecule has 0 bridgehead atoms. The molecule has 10 heteroatoms. The highest BCUT2D eigenvalue weighted by Gasteiger charge is 2.34. The average molecular weight is 526 g/mol. The van der Waals surface area contributed by atoms with Gasteiger partial charge in [-0.2, -0.15) is 5.10 Å². The topological polar surface area (TPSA) is 83.0 Å². The number of aromatic nitrogens is 2. The number of carbonyl (C=O) groups excluding carboxylic acids is 1. The highest BCUT2D eigenvalue weighted by Crippen LogP contribution is 2.42. The fourth-order valence-electron chi connectivity index (χ4n) is 6.10. The van der Waals surface area contributed by atoms with Gasteiger partial charge in [0.1, 0.15) is 0 Å². The summed E-state index contributed by atoms with van der Waals surface area (Å²) in [4.78, 5) is 22.6. The van der Waals surface area contributed by atoms with Gasteiger partial charge in [-0.05, 0) is 69.1 Å². The summed E-state index contributed by atoms with van der Waals surface area (Å²) in [5.41, 5.74) is 10.6. The highest BCUT2D eigenvalue weighted by molar-refractivity contribution is 6.10. The van der Waals surface area contributed by atoms with Crippen molar-refractivity contribution in [2.45, 2.75) is 58.0 Å². The molecule has 3 aliphatic heterocycles. The van der Waals surface area contributed by atoms with E-state index in [1.807, 2.05) is 11.0 Å². The lowest BCUT2D eigenvalue weighted by molar-refractivity contribution is -0.129. The molecule has 38 heavy (non-hydrogen) atoms. The SMILES string of the molecule is CN=CC(=CN)c1cc2c(cc1C(F)F)N(c1nn(C3CCN(C)CC3)c3c1CN(C(C)=O)CC3)CCC2. The molecule has 1 aromatic heterocycles. The Balaban J connectivity index is 1.62. The minimum atomic E-state index is -2.67. The number of allylic oxidation sites excluding steroid dienone is 1. The van der Waals surface area contributed by atoms with Crippen molar-refractivity contribution in [3.8, 4) is 0 Å². The lowest BCUT2D eigenvalue weighted by atomic mass is 9.92. The second-order valence-corrected chi connectivity index (χ2v) is 10.6. The molecule has 2 aromatic rings. The number of nitrogens with two attached hydrogens (primary N) is 1. The van der Waals surface area contributed by atoms with Crippen LogP contribution in [0.15, 0.2) is 23.3 Å². The molecular weight excluding hydrogens is 488 g/mol. The minimum Gasteiger partial charge on any atom is -0.404 e. The van der Waals surface area contributed by atoms with E-state index < -0.39 is 6.43 Å². The van der Waals surface area contributed by atoms with E-state index in [1.165, 1.54) is 18.1 Å². The predicted molar refractivity (Wildman–Crippen MR) is 146 cm³/mol. The number of aliphatic imine (C=N–C) groups is 1. The number of rotatable bonds is 5. The maximum Gasteiger partial charge on any atom is 0.264 e. The number of piperidine rings is 1. The Morgan fingerprint density at radius 1 is 1.18 bits per heavy atom. The third-order valence-electron chi connectivity index (χ3n) is 8.16. The molecule has 8 nitrogen and oxygen atoms in total. The zero-order valence-corrected chi connectivity index (χ0v) is 22.5. The van der Waals surface area contributed by atoms with Gasteiger partial charge in [-0.3, -0.25) is 14.5 Å². The molecule has 5 rings (SSSR count). The summed E-state index contributed by atoms with van der Waals surface area (Å²) in [5.74, 6) is 0.833. The number of carbonyl (C=O) groups is 1. The van der Waals surface area contributed by atoms with Gasteiger partial charge in [-0.25, -0.2) is 8.78 Å². The molecule has 4 heterocycles. The number of nitrogens with zero attached hydrogens (tertiary/aromatic N) is 6. The summed E-state index contributed by atoms with van der Waals surface area (Å²) >= 11 is 0. The second kappa shape index (κ2) is 10.8. The van der Waals surface area contributed by atoms with Crippen LogP contribution in [0.4, 0.5) is 20.3 Å². The first kappa shape index (κ1) is 26.3. The summed E-state index contributed by atoms with van der Waals surface area (Å²) in [6.45, 7) is 5.47. The first-order valence-corrected chi connectivity index (χ1v) is 13.4. The van der Waals surface area contributed by atoms with Crippen LogP contribution in [0, 0.1) is 0 Å². The van der Waals surface area contributed by atoms with Crippen molar-refractivity contribution < 1.29 is 13.6 Å². The van der Waals surface area contributed by atoms with Gasteiger partial charge in [0.15, 0.2) is 5.82 Å². The molecule has 1 saturated heterocycles. The van der Waals surface area contributed by atoms with Crippen molar-refractivity contribution in [2.24, 2.45) is 10.7 Å². The number of aryl methyl sites for hydroxylation is 1. The Morgan fingerprint density at radius 2 is 1.95 bits per heavy atom. The lowest BCUT2D eigenvalue weighted by Gasteiger charge is -2.33. The molecule has 0 spiro atoms. The molecule has 0 unspecified atom stereocenters. The first-order chi connectivity index (χ1) is 18.3. The third kappa shape index (κ3) is 4.81. The Kier molecular flexibility index (Phi) is 7.52. The number of hydrogen-bond acceptors (Lipinski definition) is 6. The first-order valence-electron chi connectivity index (χ1n) is 13.4. The van der Waals surface area contributed by atoms with E-state index in [9.17, 15) is 13.6 Å². The number of alkyl halides is 2. The Morgan fingerprint density at radius 3 is 2.61 bits per heavy atom. The lowest BCUT2D eigenvalue weighted by Crippen LogP contribution is -2.36. The van der Waals surface area contributed by atoms with Crippen molar-refractivity contribution in [3.05, 3.63) is 46.3 Å². The zero-order valence-electron chi connectivity index (χ0n) is 22.5. The van der Waals surface area contributed by atoms with E-state index in [0.29, 0.717) is 36.8 Å². The minimum absolute atomic E-state index is 0.0380.